The van der Waals surface area contributed by atoms with Gasteiger partial charge in [-0.2, -0.15) is 0 Å². The van der Waals surface area contributed by atoms with Crippen molar-refractivity contribution in [2.45, 2.75) is 39.7 Å². The fourth-order valence-electron chi connectivity index (χ4n) is 2.53. The summed E-state index contributed by atoms with van der Waals surface area (Å²) in [6.45, 7) is 10.9. The number of hydrogen-bond donors (Lipinski definition) is 1. The van der Waals surface area contributed by atoms with E-state index in [4.69, 9.17) is 0 Å². The van der Waals surface area contributed by atoms with Crippen LogP contribution in [-0.2, 0) is 10.3 Å². The van der Waals surface area contributed by atoms with E-state index in [2.05, 4.69) is 43.1 Å². The van der Waals surface area contributed by atoms with Crippen LogP contribution in [0, 0.1) is 0 Å². The SMILES string of the molecule is CCN(CC)CC(CC)(NC(C)=O)c1ccccc1. The van der Waals surface area contributed by atoms with Crippen molar-refractivity contribution in [2.24, 2.45) is 0 Å². The Kier molecular flexibility index (Phi) is 6.03. The largest absolute Gasteiger partial charge is 0.346 e. The minimum atomic E-state index is -0.293. The Hall–Kier alpha value is -1.35. The molecule has 1 unspecified atom stereocenters. The summed E-state index contributed by atoms with van der Waals surface area (Å²) in [5.74, 6) is 0.0258. The quantitative estimate of drug-likeness (QED) is 0.819. The number of carbonyl (C=O) groups is 1. The van der Waals surface area contributed by atoms with Crippen LogP contribution >= 0.6 is 0 Å². The van der Waals surface area contributed by atoms with Crippen LogP contribution in [0.25, 0.3) is 0 Å². The Balaban J connectivity index is 3.10. The van der Waals surface area contributed by atoms with E-state index >= 15 is 0 Å². The van der Waals surface area contributed by atoms with E-state index in [-0.39, 0.29) is 11.4 Å². The van der Waals surface area contributed by atoms with Crippen molar-refractivity contribution < 1.29 is 4.79 Å². The number of likely N-dealkylation sites (N-methyl/N-ethyl adjacent to an activating group) is 1. The summed E-state index contributed by atoms with van der Waals surface area (Å²) >= 11 is 0. The van der Waals surface area contributed by atoms with Gasteiger partial charge in [0.25, 0.3) is 0 Å². The highest BCUT2D eigenvalue weighted by Gasteiger charge is 2.32. The van der Waals surface area contributed by atoms with Crippen LogP contribution in [-0.4, -0.2) is 30.4 Å². The standard InChI is InChI=1S/C16H26N2O/c1-5-16(17-14(4)19,13-18(6-2)7-3)15-11-9-8-10-12-15/h8-12H,5-7,13H2,1-4H3,(H,17,19). The second-order valence-corrected chi connectivity index (χ2v) is 4.94. The van der Waals surface area contributed by atoms with Gasteiger partial charge in [-0.25, -0.2) is 0 Å². The molecule has 1 amide bonds. The Morgan fingerprint density at radius 2 is 1.74 bits per heavy atom. The Labute approximate surface area is 117 Å². The summed E-state index contributed by atoms with van der Waals surface area (Å²) in [4.78, 5) is 14.0. The zero-order valence-electron chi connectivity index (χ0n) is 12.6. The van der Waals surface area contributed by atoms with Crippen LogP contribution in [0.15, 0.2) is 30.3 Å². The Morgan fingerprint density at radius 1 is 1.16 bits per heavy atom. The van der Waals surface area contributed by atoms with Crippen molar-refractivity contribution in [1.82, 2.24) is 10.2 Å². The van der Waals surface area contributed by atoms with Crippen LogP contribution in [0.3, 0.4) is 0 Å². The molecule has 0 aromatic heterocycles. The third kappa shape index (κ3) is 4.06. The molecule has 0 aliphatic carbocycles. The fraction of sp³-hybridized carbons (Fsp3) is 0.562. The molecule has 0 saturated heterocycles. The monoisotopic (exact) mass is 262 g/mol. The van der Waals surface area contributed by atoms with E-state index < -0.39 is 0 Å². The van der Waals surface area contributed by atoms with Gasteiger partial charge in [-0.15, -0.1) is 0 Å². The first kappa shape index (κ1) is 15.7. The van der Waals surface area contributed by atoms with Gasteiger partial charge in [-0.05, 0) is 25.1 Å². The zero-order chi connectivity index (χ0) is 14.3. The molecule has 3 heteroatoms. The maximum atomic E-state index is 11.6. The highest BCUT2D eigenvalue weighted by Crippen LogP contribution is 2.26. The molecule has 1 aromatic rings. The average molecular weight is 262 g/mol. The lowest BCUT2D eigenvalue weighted by Crippen LogP contribution is -2.52. The van der Waals surface area contributed by atoms with Crippen molar-refractivity contribution in [1.29, 1.82) is 0 Å². The number of nitrogens with one attached hydrogen (secondary N) is 1. The lowest BCUT2D eigenvalue weighted by molar-refractivity contribution is -0.121. The lowest BCUT2D eigenvalue weighted by atomic mass is 9.86. The summed E-state index contributed by atoms with van der Waals surface area (Å²) < 4.78 is 0. The minimum absolute atomic E-state index is 0.0258. The molecular formula is C16H26N2O. The van der Waals surface area contributed by atoms with Gasteiger partial charge < -0.3 is 10.2 Å². The zero-order valence-corrected chi connectivity index (χ0v) is 12.6. The van der Waals surface area contributed by atoms with Gasteiger partial charge in [0.05, 0.1) is 5.54 Å². The molecule has 1 N–H and O–H groups in total. The molecule has 0 aliphatic heterocycles. The summed E-state index contributed by atoms with van der Waals surface area (Å²) in [6.07, 6.45) is 0.882. The molecule has 0 fully saturated rings. The smallest absolute Gasteiger partial charge is 0.217 e. The number of rotatable bonds is 7. The van der Waals surface area contributed by atoms with Gasteiger partial charge in [-0.1, -0.05) is 51.1 Å². The predicted molar refractivity (Wildman–Crippen MR) is 80.0 cm³/mol. The topological polar surface area (TPSA) is 32.3 Å². The summed E-state index contributed by atoms with van der Waals surface area (Å²) in [5, 5.41) is 3.18. The maximum Gasteiger partial charge on any atom is 0.217 e. The molecule has 0 bridgehead atoms. The van der Waals surface area contributed by atoms with Gasteiger partial charge in [-0.3, -0.25) is 4.79 Å². The molecule has 1 aromatic carbocycles. The number of hydrogen-bond acceptors (Lipinski definition) is 2. The highest BCUT2D eigenvalue weighted by atomic mass is 16.1. The lowest BCUT2D eigenvalue weighted by Gasteiger charge is -2.38. The molecule has 1 rings (SSSR count). The van der Waals surface area contributed by atoms with E-state index in [0.717, 1.165) is 26.1 Å². The summed E-state index contributed by atoms with van der Waals surface area (Å²) in [7, 11) is 0. The molecule has 19 heavy (non-hydrogen) atoms. The molecular weight excluding hydrogens is 236 g/mol. The van der Waals surface area contributed by atoms with E-state index in [0.29, 0.717) is 0 Å². The van der Waals surface area contributed by atoms with Crippen LogP contribution in [0.4, 0.5) is 0 Å². The molecule has 106 valence electrons. The molecule has 3 nitrogen and oxygen atoms in total. The normalized spacial score (nSPS) is 14.2. The Bertz CT molecular complexity index is 387. The van der Waals surface area contributed by atoms with E-state index in [1.807, 2.05) is 18.2 Å². The Morgan fingerprint density at radius 3 is 2.16 bits per heavy atom. The third-order valence-corrected chi connectivity index (χ3v) is 3.73. The summed E-state index contributed by atoms with van der Waals surface area (Å²) in [5.41, 5.74) is 0.888. The number of carbonyl (C=O) groups excluding carboxylic acids is 1. The number of amides is 1. The van der Waals surface area contributed by atoms with Crippen molar-refractivity contribution in [2.75, 3.05) is 19.6 Å². The van der Waals surface area contributed by atoms with E-state index in [9.17, 15) is 4.79 Å². The molecule has 0 aliphatic rings. The first-order chi connectivity index (χ1) is 9.07. The molecule has 0 heterocycles. The first-order valence-corrected chi connectivity index (χ1v) is 7.14. The van der Waals surface area contributed by atoms with Gasteiger partial charge in [0.15, 0.2) is 0 Å². The van der Waals surface area contributed by atoms with Gasteiger partial charge >= 0.3 is 0 Å². The molecule has 1 atom stereocenters. The van der Waals surface area contributed by atoms with Crippen LogP contribution in [0.5, 0.6) is 0 Å². The minimum Gasteiger partial charge on any atom is -0.346 e. The highest BCUT2D eigenvalue weighted by molar-refractivity contribution is 5.74. The fourth-order valence-corrected chi connectivity index (χ4v) is 2.53. The third-order valence-electron chi connectivity index (χ3n) is 3.73. The average Bonchev–Trinajstić information content (AvgIpc) is 2.44. The first-order valence-electron chi connectivity index (χ1n) is 7.14. The predicted octanol–water partition coefficient (Wildman–Crippen LogP) is 2.77. The summed E-state index contributed by atoms with van der Waals surface area (Å²) in [6, 6.07) is 10.3. The van der Waals surface area contributed by atoms with Gasteiger partial charge in [0.1, 0.15) is 0 Å². The van der Waals surface area contributed by atoms with E-state index in [1.54, 1.807) is 6.92 Å². The van der Waals surface area contributed by atoms with Crippen molar-refractivity contribution in [3.63, 3.8) is 0 Å². The second kappa shape index (κ2) is 7.29. The molecule has 0 saturated carbocycles. The molecule has 0 spiro atoms. The second-order valence-electron chi connectivity index (χ2n) is 4.94. The van der Waals surface area contributed by atoms with E-state index in [1.165, 1.54) is 5.56 Å². The van der Waals surface area contributed by atoms with Crippen LogP contribution < -0.4 is 5.32 Å². The number of nitrogens with zero attached hydrogens (tertiary/aromatic N) is 1. The van der Waals surface area contributed by atoms with Crippen LogP contribution in [0.1, 0.15) is 39.7 Å². The maximum absolute atomic E-state index is 11.6. The van der Waals surface area contributed by atoms with Crippen molar-refractivity contribution >= 4 is 5.91 Å². The molecule has 0 radical (unpaired) electrons. The van der Waals surface area contributed by atoms with Gasteiger partial charge in [0.2, 0.25) is 5.91 Å². The van der Waals surface area contributed by atoms with Crippen molar-refractivity contribution in [3.05, 3.63) is 35.9 Å². The van der Waals surface area contributed by atoms with Crippen LogP contribution in [0.2, 0.25) is 0 Å². The number of benzene rings is 1. The van der Waals surface area contributed by atoms with Crippen molar-refractivity contribution in [3.8, 4) is 0 Å². The van der Waals surface area contributed by atoms with Gasteiger partial charge in [0, 0.05) is 13.5 Å².